The molecule has 3 N–H and O–H groups in total. The second-order valence-electron chi connectivity index (χ2n) is 8.84. The SMILES string of the molecule is Cc1cc2c(Cl)c(Oc3cc(Nc4cc(-c5ccco5)[nH]n4)nc(N4CCN(C)CC4)n3)ccc2[nH]1. The topological polar surface area (TPSA) is 111 Å². The van der Waals surface area contributed by atoms with Crippen LogP contribution in [0.3, 0.4) is 0 Å². The third kappa shape index (κ3) is 4.48. The van der Waals surface area contributed by atoms with Crippen LogP contribution in [0, 0.1) is 6.92 Å². The fraction of sp³-hybridized carbons (Fsp3) is 0.240. The molecule has 1 aromatic carbocycles. The summed E-state index contributed by atoms with van der Waals surface area (Å²) >= 11 is 6.69. The molecule has 0 unspecified atom stereocenters. The van der Waals surface area contributed by atoms with Crippen molar-refractivity contribution in [2.24, 2.45) is 0 Å². The second kappa shape index (κ2) is 9.21. The molecular weight excluding hydrogens is 480 g/mol. The lowest BCUT2D eigenvalue weighted by molar-refractivity contribution is 0.310. The van der Waals surface area contributed by atoms with Crippen molar-refractivity contribution in [1.29, 1.82) is 0 Å². The van der Waals surface area contributed by atoms with Crippen LogP contribution < -0.4 is 15.0 Å². The van der Waals surface area contributed by atoms with Gasteiger partial charge in [0.05, 0.1) is 11.3 Å². The highest BCUT2D eigenvalue weighted by Crippen LogP contribution is 2.36. The number of rotatable bonds is 6. The number of ether oxygens (including phenoxy) is 1. The summed E-state index contributed by atoms with van der Waals surface area (Å²) in [7, 11) is 2.11. The van der Waals surface area contributed by atoms with Crippen molar-refractivity contribution in [2.75, 3.05) is 43.4 Å². The van der Waals surface area contributed by atoms with Crippen LogP contribution >= 0.6 is 11.6 Å². The molecule has 5 heterocycles. The lowest BCUT2D eigenvalue weighted by Gasteiger charge is -2.32. The number of likely N-dealkylation sites (N-methyl/N-ethyl adjacent to an activating group) is 1. The number of halogens is 1. The summed E-state index contributed by atoms with van der Waals surface area (Å²) in [5.74, 6) is 3.34. The molecule has 5 aromatic rings. The highest BCUT2D eigenvalue weighted by atomic mass is 35.5. The van der Waals surface area contributed by atoms with Gasteiger partial charge in [0.25, 0.3) is 0 Å². The zero-order chi connectivity index (χ0) is 24.6. The quantitative estimate of drug-likeness (QED) is 0.289. The highest BCUT2D eigenvalue weighted by Gasteiger charge is 2.20. The number of hydrogen-bond acceptors (Lipinski definition) is 8. The fourth-order valence-electron chi connectivity index (χ4n) is 4.23. The molecule has 0 amide bonds. The van der Waals surface area contributed by atoms with E-state index < -0.39 is 0 Å². The van der Waals surface area contributed by atoms with Gasteiger partial charge in [-0.15, -0.1) is 0 Å². The first-order valence-corrected chi connectivity index (χ1v) is 12.0. The van der Waals surface area contributed by atoms with Crippen molar-refractivity contribution in [3.8, 4) is 23.1 Å². The predicted octanol–water partition coefficient (Wildman–Crippen LogP) is 5.19. The first-order valence-electron chi connectivity index (χ1n) is 11.7. The van der Waals surface area contributed by atoms with E-state index in [-0.39, 0.29) is 0 Å². The summed E-state index contributed by atoms with van der Waals surface area (Å²) in [5.41, 5.74) is 2.75. The number of anilines is 3. The van der Waals surface area contributed by atoms with E-state index in [2.05, 4.69) is 37.3 Å². The van der Waals surface area contributed by atoms with E-state index in [0.717, 1.165) is 48.5 Å². The zero-order valence-electron chi connectivity index (χ0n) is 19.9. The largest absolute Gasteiger partial charge is 0.463 e. The molecular formula is C25H25ClN8O2. The maximum Gasteiger partial charge on any atom is 0.230 e. The Balaban J connectivity index is 1.33. The summed E-state index contributed by atoms with van der Waals surface area (Å²) in [6.45, 7) is 5.49. The number of fused-ring (bicyclic) bond motifs is 1. The summed E-state index contributed by atoms with van der Waals surface area (Å²) in [6.07, 6.45) is 1.62. The normalized spacial score (nSPS) is 14.5. The Hall–Kier alpha value is -4.02. The van der Waals surface area contributed by atoms with Crippen LogP contribution in [0.2, 0.25) is 5.02 Å². The molecule has 0 spiro atoms. The number of aromatic nitrogens is 5. The number of furan rings is 1. The van der Waals surface area contributed by atoms with Crippen molar-refractivity contribution in [2.45, 2.75) is 6.92 Å². The van der Waals surface area contributed by atoms with E-state index in [0.29, 0.717) is 40.0 Å². The van der Waals surface area contributed by atoms with Gasteiger partial charge >= 0.3 is 0 Å². The Morgan fingerprint density at radius 3 is 2.72 bits per heavy atom. The smallest absolute Gasteiger partial charge is 0.230 e. The Labute approximate surface area is 212 Å². The van der Waals surface area contributed by atoms with Crippen molar-refractivity contribution >= 4 is 40.1 Å². The first-order chi connectivity index (χ1) is 17.5. The van der Waals surface area contributed by atoms with Crippen molar-refractivity contribution < 1.29 is 9.15 Å². The molecule has 6 rings (SSSR count). The van der Waals surface area contributed by atoms with Crippen LogP contribution in [-0.2, 0) is 0 Å². The number of H-pyrrole nitrogens is 2. The molecule has 0 bridgehead atoms. The number of benzene rings is 1. The number of nitrogens with zero attached hydrogens (tertiary/aromatic N) is 5. The third-order valence-electron chi connectivity index (χ3n) is 6.15. The molecule has 11 heteroatoms. The standard InChI is InChI=1S/C25H25ClN8O2/c1-15-12-16-17(27-15)5-6-20(24(16)26)36-23-14-21(29-25(30-23)34-9-7-33(2)8-10-34)28-22-13-18(31-32-22)19-4-3-11-35-19/h3-6,11-14,27H,7-10H2,1-2H3,(H2,28,29,30,31,32). The Kier molecular flexibility index (Phi) is 5.74. The van der Waals surface area contributed by atoms with E-state index >= 15 is 0 Å². The summed E-state index contributed by atoms with van der Waals surface area (Å²) in [6, 6.07) is 13.1. The average molecular weight is 505 g/mol. The summed E-state index contributed by atoms with van der Waals surface area (Å²) in [5, 5.41) is 12.0. The van der Waals surface area contributed by atoms with Crippen LogP contribution in [0.25, 0.3) is 22.4 Å². The number of aryl methyl sites for hydroxylation is 1. The predicted molar refractivity (Wildman–Crippen MR) is 139 cm³/mol. The van der Waals surface area contributed by atoms with Gasteiger partial charge in [-0.05, 0) is 44.3 Å². The van der Waals surface area contributed by atoms with Crippen LogP contribution in [0.15, 0.2) is 53.1 Å². The highest BCUT2D eigenvalue weighted by molar-refractivity contribution is 6.37. The number of aromatic amines is 2. The van der Waals surface area contributed by atoms with E-state index in [4.69, 9.17) is 30.7 Å². The molecule has 0 radical (unpaired) electrons. The van der Waals surface area contributed by atoms with Gasteiger partial charge in [-0.1, -0.05) is 11.6 Å². The van der Waals surface area contributed by atoms with Gasteiger partial charge in [0.1, 0.15) is 17.3 Å². The lowest BCUT2D eigenvalue weighted by atomic mass is 10.2. The second-order valence-corrected chi connectivity index (χ2v) is 9.22. The number of piperazine rings is 1. The minimum atomic E-state index is 0.386. The molecule has 1 fully saturated rings. The maximum atomic E-state index is 6.69. The molecule has 0 aliphatic carbocycles. The number of nitrogens with one attached hydrogen (secondary N) is 3. The Morgan fingerprint density at radius 2 is 1.92 bits per heavy atom. The van der Waals surface area contributed by atoms with E-state index in [1.165, 1.54) is 0 Å². The Morgan fingerprint density at radius 1 is 1.06 bits per heavy atom. The van der Waals surface area contributed by atoms with Gasteiger partial charge in [0.15, 0.2) is 11.6 Å². The molecule has 4 aromatic heterocycles. The van der Waals surface area contributed by atoms with Crippen LogP contribution in [-0.4, -0.2) is 63.3 Å². The average Bonchev–Trinajstić information content (AvgIpc) is 3.62. The van der Waals surface area contributed by atoms with Crippen molar-refractivity contribution in [1.82, 2.24) is 30.0 Å². The van der Waals surface area contributed by atoms with Gasteiger partial charge in [-0.2, -0.15) is 15.1 Å². The molecule has 0 atom stereocenters. The third-order valence-corrected chi connectivity index (χ3v) is 6.54. The van der Waals surface area contributed by atoms with E-state index in [9.17, 15) is 0 Å². The van der Waals surface area contributed by atoms with Crippen molar-refractivity contribution in [3.63, 3.8) is 0 Å². The summed E-state index contributed by atoms with van der Waals surface area (Å²) < 4.78 is 11.7. The fourth-order valence-corrected chi connectivity index (χ4v) is 4.49. The van der Waals surface area contributed by atoms with Crippen molar-refractivity contribution in [3.05, 3.63) is 59.4 Å². The number of hydrogen-bond donors (Lipinski definition) is 3. The Bertz CT molecular complexity index is 1500. The lowest BCUT2D eigenvalue weighted by Crippen LogP contribution is -2.45. The van der Waals surface area contributed by atoms with E-state index in [1.54, 1.807) is 12.3 Å². The van der Waals surface area contributed by atoms with E-state index in [1.807, 2.05) is 43.3 Å². The minimum Gasteiger partial charge on any atom is -0.463 e. The van der Waals surface area contributed by atoms with Crippen LogP contribution in [0.4, 0.5) is 17.6 Å². The molecule has 1 aliphatic heterocycles. The zero-order valence-corrected chi connectivity index (χ0v) is 20.6. The van der Waals surface area contributed by atoms with Crippen LogP contribution in [0.5, 0.6) is 11.6 Å². The monoisotopic (exact) mass is 504 g/mol. The van der Waals surface area contributed by atoms with Gasteiger partial charge < -0.3 is 29.3 Å². The van der Waals surface area contributed by atoms with Gasteiger partial charge in [-0.25, -0.2) is 0 Å². The molecule has 10 nitrogen and oxygen atoms in total. The molecule has 1 aliphatic rings. The van der Waals surface area contributed by atoms with Gasteiger partial charge in [-0.3, -0.25) is 5.10 Å². The molecule has 0 saturated carbocycles. The molecule has 184 valence electrons. The maximum absolute atomic E-state index is 6.69. The molecule has 1 saturated heterocycles. The van der Waals surface area contributed by atoms with Gasteiger partial charge in [0.2, 0.25) is 11.8 Å². The minimum absolute atomic E-state index is 0.386. The van der Waals surface area contributed by atoms with Gasteiger partial charge in [0, 0.05) is 54.9 Å². The van der Waals surface area contributed by atoms with Crippen LogP contribution in [0.1, 0.15) is 5.69 Å². The molecule has 36 heavy (non-hydrogen) atoms. The first kappa shape index (κ1) is 22.4. The summed E-state index contributed by atoms with van der Waals surface area (Å²) in [4.78, 5) is 17.2.